The summed E-state index contributed by atoms with van der Waals surface area (Å²) >= 11 is 0. The van der Waals surface area contributed by atoms with Gasteiger partial charge in [0.25, 0.3) is 0 Å². The molecule has 0 bridgehead atoms. The van der Waals surface area contributed by atoms with Gasteiger partial charge in [-0.05, 0) is 48.4 Å². The highest BCUT2D eigenvalue weighted by Gasteiger charge is 2.34. The zero-order valence-corrected chi connectivity index (χ0v) is 23.7. The van der Waals surface area contributed by atoms with Crippen LogP contribution in [0.1, 0.15) is 39.5 Å². The van der Waals surface area contributed by atoms with E-state index in [-0.39, 0.29) is 48.1 Å². The number of hydrogen-bond acceptors (Lipinski definition) is 8. The SMILES string of the molecule is C=CC(=O)CNc1cc(Oc2cc(C(=O)Cc3ccc(CN4CCN(CC)CC4)c(C(F)(F)F)c3)ccc2C)ncn1. The molecule has 11 heteroatoms. The number of Topliss-reactive ketones (excluding diaryl/α,β-unsaturated/α-hetero) is 1. The van der Waals surface area contributed by atoms with Crippen molar-refractivity contribution in [3.63, 3.8) is 0 Å². The predicted molar refractivity (Wildman–Crippen MR) is 154 cm³/mol. The molecule has 1 fully saturated rings. The Labute approximate surface area is 243 Å². The van der Waals surface area contributed by atoms with Gasteiger partial charge in [-0.15, -0.1) is 0 Å². The van der Waals surface area contributed by atoms with Crippen molar-refractivity contribution in [2.75, 3.05) is 44.6 Å². The molecular weight excluding hydrogens is 547 g/mol. The zero-order valence-electron chi connectivity index (χ0n) is 23.7. The van der Waals surface area contributed by atoms with Gasteiger partial charge in [-0.3, -0.25) is 14.5 Å². The van der Waals surface area contributed by atoms with E-state index in [0.29, 0.717) is 30.2 Å². The summed E-state index contributed by atoms with van der Waals surface area (Å²) in [6.45, 7) is 11.5. The molecule has 0 radical (unpaired) electrons. The van der Waals surface area contributed by atoms with Crippen LogP contribution in [0.25, 0.3) is 0 Å². The van der Waals surface area contributed by atoms with Crippen molar-refractivity contribution in [3.8, 4) is 11.6 Å². The van der Waals surface area contributed by atoms with Crippen LogP contribution >= 0.6 is 0 Å². The fourth-order valence-corrected chi connectivity index (χ4v) is 4.67. The largest absolute Gasteiger partial charge is 0.439 e. The third-order valence-electron chi connectivity index (χ3n) is 7.19. The van der Waals surface area contributed by atoms with Crippen molar-refractivity contribution in [1.82, 2.24) is 19.8 Å². The monoisotopic (exact) mass is 581 g/mol. The number of ether oxygens (including phenoxy) is 1. The van der Waals surface area contributed by atoms with E-state index < -0.39 is 11.7 Å². The van der Waals surface area contributed by atoms with Crippen molar-refractivity contribution in [1.29, 1.82) is 0 Å². The van der Waals surface area contributed by atoms with E-state index >= 15 is 0 Å². The Kier molecular flexibility index (Phi) is 10.1. The Hall–Kier alpha value is -4.09. The third-order valence-corrected chi connectivity index (χ3v) is 7.19. The van der Waals surface area contributed by atoms with Crippen molar-refractivity contribution in [2.24, 2.45) is 0 Å². The number of hydrogen-bond donors (Lipinski definition) is 1. The zero-order chi connectivity index (χ0) is 30.3. The molecule has 0 aliphatic carbocycles. The van der Waals surface area contributed by atoms with Crippen molar-refractivity contribution < 1.29 is 27.5 Å². The van der Waals surface area contributed by atoms with E-state index in [9.17, 15) is 22.8 Å². The van der Waals surface area contributed by atoms with E-state index in [1.54, 1.807) is 31.2 Å². The number of aryl methyl sites for hydroxylation is 1. The topological polar surface area (TPSA) is 87.7 Å². The second-order valence-corrected chi connectivity index (χ2v) is 10.1. The van der Waals surface area contributed by atoms with Gasteiger partial charge in [-0.25, -0.2) is 9.97 Å². The molecule has 0 unspecified atom stereocenters. The Morgan fingerprint density at radius 3 is 2.48 bits per heavy atom. The highest BCUT2D eigenvalue weighted by molar-refractivity contribution is 5.98. The number of ketones is 2. The summed E-state index contributed by atoms with van der Waals surface area (Å²) in [5, 5.41) is 2.85. The summed E-state index contributed by atoms with van der Waals surface area (Å²) in [6.07, 6.45) is -2.26. The van der Waals surface area contributed by atoms with Crippen LogP contribution in [0.2, 0.25) is 0 Å². The van der Waals surface area contributed by atoms with Crippen LogP contribution in [0.5, 0.6) is 11.6 Å². The maximum Gasteiger partial charge on any atom is 0.416 e. The molecule has 42 heavy (non-hydrogen) atoms. The number of carbonyl (C=O) groups excluding carboxylic acids is 2. The van der Waals surface area contributed by atoms with E-state index in [1.807, 2.05) is 4.90 Å². The molecule has 4 rings (SSSR count). The van der Waals surface area contributed by atoms with Gasteiger partial charge in [0.15, 0.2) is 11.6 Å². The number of anilines is 1. The summed E-state index contributed by atoms with van der Waals surface area (Å²) in [4.78, 5) is 37.1. The molecule has 0 spiro atoms. The predicted octanol–water partition coefficient (Wildman–Crippen LogP) is 5.33. The number of rotatable bonds is 12. The number of carbonyl (C=O) groups is 2. The number of piperazine rings is 1. The second kappa shape index (κ2) is 13.7. The lowest BCUT2D eigenvalue weighted by Crippen LogP contribution is -2.45. The highest BCUT2D eigenvalue weighted by atomic mass is 19.4. The van der Waals surface area contributed by atoms with Crippen LogP contribution in [0.3, 0.4) is 0 Å². The Balaban J connectivity index is 1.47. The summed E-state index contributed by atoms with van der Waals surface area (Å²) in [7, 11) is 0. The Morgan fingerprint density at radius 1 is 1.05 bits per heavy atom. The van der Waals surface area contributed by atoms with Gasteiger partial charge < -0.3 is 15.0 Å². The molecule has 0 amide bonds. The van der Waals surface area contributed by atoms with Crippen LogP contribution < -0.4 is 10.1 Å². The fraction of sp³-hybridized carbons (Fsp3) is 0.355. The lowest BCUT2D eigenvalue weighted by molar-refractivity contribution is -0.138. The van der Waals surface area contributed by atoms with Crippen LogP contribution in [-0.2, 0) is 23.9 Å². The number of aromatic nitrogens is 2. The molecule has 3 aromatic rings. The molecule has 2 aromatic carbocycles. The minimum atomic E-state index is -4.53. The van der Waals surface area contributed by atoms with Crippen molar-refractivity contribution >= 4 is 17.4 Å². The molecule has 2 heterocycles. The van der Waals surface area contributed by atoms with Crippen LogP contribution in [-0.4, -0.2) is 70.6 Å². The van der Waals surface area contributed by atoms with Crippen molar-refractivity contribution in [2.45, 2.75) is 33.0 Å². The first kappa shape index (κ1) is 30.9. The van der Waals surface area contributed by atoms with Gasteiger partial charge in [-0.1, -0.05) is 37.8 Å². The molecule has 1 N–H and O–H groups in total. The van der Waals surface area contributed by atoms with Crippen LogP contribution in [0, 0.1) is 6.92 Å². The number of nitrogens with zero attached hydrogens (tertiary/aromatic N) is 4. The maximum atomic E-state index is 14.0. The minimum Gasteiger partial charge on any atom is -0.439 e. The molecule has 1 aromatic heterocycles. The highest BCUT2D eigenvalue weighted by Crippen LogP contribution is 2.34. The summed E-state index contributed by atoms with van der Waals surface area (Å²) in [5.74, 6) is 0.368. The van der Waals surface area contributed by atoms with Gasteiger partial charge in [0.2, 0.25) is 5.88 Å². The number of nitrogens with one attached hydrogen (secondary N) is 1. The molecule has 1 aliphatic rings. The number of benzene rings is 2. The van der Waals surface area contributed by atoms with Gasteiger partial charge in [0.05, 0.1) is 12.1 Å². The first-order chi connectivity index (χ1) is 20.0. The number of likely N-dealkylation sites (N-methyl/N-ethyl adjacent to an activating group) is 1. The molecule has 0 atom stereocenters. The van der Waals surface area contributed by atoms with Gasteiger partial charge in [-0.2, -0.15) is 13.2 Å². The average Bonchev–Trinajstić information content (AvgIpc) is 2.97. The quantitative estimate of drug-likeness (QED) is 0.227. The first-order valence-electron chi connectivity index (χ1n) is 13.7. The summed E-state index contributed by atoms with van der Waals surface area (Å²) in [6, 6.07) is 10.6. The normalized spacial score (nSPS) is 14.4. The number of alkyl halides is 3. The van der Waals surface area contributed by atoms with E-state index in [4.69, 9.17) is 4.74 Å². The van der Waals surface area contributed by atoms with Gasteiger partial charge in [0.1, 0.15) is 17.9 Å². The standard InChI is InChI=1S/C31H34F3N5O3/c1-4-25(40)18-35-29-17-30(37-20-36-29)42-28-16-23(8-6-21(28)3)27(41)15-22-7-9-24(26(14-22)31(32,33)34)19-39-12-10-38(5-2)11-13-39/h4,6-9,14,16-17,20H,1,5,10-13,15,18-19H2,2-3H3,(H,35,36,37). The molecule has 1 saturated heterocycles. The van der Waals surface area contributed by atoms with Crippen LogP contribution in [0.15, 0.2) is 61.4 Å². The second-order valence-electron chi connectivity index (χ2n) is 10.1. The summed E-state index contributed by atoms with van der Waals surface area (Å²) < 4.78 is 48.0. The Bertz CT molecular complexity index is 1440. The van der Waals surface area contributed by atoms with Gasteiger partial charge >= 0.3 is 6.18 Å². The molecule has 1 aliphatic heterocycles. The van der Waals surface area contributed by atoms with E-state index in [2.05, 4.69) is 33.7 Å². The van der Waals surface area contributed by atoms with E-state index in [0.717, 1.165) is 31.3 Å². The smallest absolute Gasteiger partial charge is 0.416 e. The molecular formula is C31H34F3N5O3. The lowest BCUT2D eigenvalue weighted by Gasteiger charge is -2.34. The molecule has 222 valence electrons. The Morgan fingerprint density at radius 2 is 1.79 bits per heavy atom. The molecule has 0 saturated carbocycles. The summed E-state index contributed by atoms with van der Waals surface area (Å²) in [5.41, 5.74) is 0.815. The first-order valence-corrected chi connectivity index (χ1v) is 13.7. The minimum absolute atomic E-state index is 0.00988. The third kappa shape index (κ3) is 8.23. The van der Waals surface area contributed by atoms with E-state index in [1.165, 1.54) is 24.5 Å². The maximum absolute atomic E-state index is 14.0. The van der Waals surface area contributed by atoms with Gasteiger partial charge in [0, 0.05) is 50.8 Å². The van der Waals surface area contributed by atoms with Crippen LogP contribution in [0.4, 0.5) is 19.0 Å². The fourth-order valence-electron chi connectivity index (χ4n) is 4.67. The average molecular weight is 582 g/mol. The molecule has 8 nitrogen and oxygen atoms in total. The van der Waals surface area contributed by atoms with Crippen molar-refractivity contribution in [3.05, 3.63) is 89.3 Å². The lowest BCUT2D eigenvalue weighted by atomic mass is 9.97. The number of halogens is 3.